The highest BCUT2D eigenvalue weighted by Crippen LogP contribution is 2.29. The molecule has 0 unspecified atom stereocenters. The van der Waals surface area contributed by atoms with E-state index in [1.165, 1.54) is 16.4 Å². The average Bonchev–Trinajstić information content (AvgIpc) is 3.07. The molecule has 1 saturated heterocycles. The minimum atomic E-state index is -3.78. The lowest BCUT2D eigenvalue weighted by Crippen LogP contribution is -2.32. The molecule has 31 heavy (non-hydrogen) atoms. The minimum Gasteiger partial charge on any atom is -0.378 e. The maximum absolute atomic E-state index is 12.9. The van der Waals surface area contributed by atoms with Crippen molar-refractivity contribution in [3.8, 4) is 6.07 Å². The molecule has 0 spiro atoms. The first-order valence-electron chi connectivity index (χ1n) is 10.0. The van der Waals surface area contributed by atoms with Gasteiger partial charge in [0, 0.05) is 38.4 Å². The van der Waals surface area contributed by atoms with Gasteiger partial charge in [-0.15, -0.1) is 0 Å². The molecule has 0 aliphatic carbocycles. The van der Waals surface area contributed by atoms with Crippen LogP contribution in [0, 0.1) is 21.4 Å². The summed E-state index contributed by atoms with van der Waals surface area (Å²) in [6, 6.07) is 9.26. The summed E-state index contributed by atoms with van der Waals surface area (Å²) in [6.45, 7) is 1.52. The lowest BCUT2D eigenvalue weighted by atomic mass is 10.2. The number of anilines is 2. The van der Waals surface area contributed by atoms with Gasteiger partial charge in [-0.05, 0) is 37.1 Å². The van der Waals surface area contributed by atoms with Gasteiger partial charge in [0.15, 0.2) is 0 Å². The summed E-state index contributed by atoms with van der Waals surface area (Å²) in [6.07, 6.45) is 5.11. The molecule has 0 saturated carbocycles. The lowest BCUT2D eigenvalue weighted by Gasteiger charge is -2.20. The van der Waals surface area contributed by atoms with Gasteiger partial charge in [0.2, 0.25) is 10.0 Å². The van der Waals surface area contributed by atoms with E-state index in [-0.39, 0.29) is 16.3 Å². The molecule has 2 N–H and O–H groups in total. The zero-order chi connectivity index (χ0) is 22.3. The fourth-order valence-corrected chi connectivity index (χ4v) is 4.96. The summed E-state index contributed by atoms with van der Waals surface area (Å²) in [4.78, 5) is 15.0. The number of benzene rings is 1. The first kappa shape index (κ1) is 22.5. The normalized spacial score (nSPS) is 14.9. The van der Waals surface area contributed by atoms with Crippen molar-refractivity contribution in [2.24, 2.45) is 0 Å². The fourth-order valence-electron chi connectivity index (χ4n) is 3.42. The molecule has 0 amide bonds. The Labute approximate surface area is 181 Å². The van der Waals surface area contributed by atoms with E-state index in [0.717, 1.165) is 31.7 Å². The average molecular weight is 445 g/mol. The van der Waals surface area contributed by atoms with Crippen LogP contribution in [0.2, 0.25) is 0 Å². The molecule has 10 nitrogen and oxygen atoms in total. The van der Waals surface area contributed by atoms with Crippen LogP contribution in [0.3, 0.4) is 0 Å². The monoisotopic (exact) mass is 444 g/mol. The van der Waals surface area contributed by atoms with E-state index in [2.05, 4.69) is 15.6 Å². The molecule has 1 aromatic heterocycles. The van der Waals surface area contributed by atoms with E-state index in [0.29, 0.717) is 37.6 Å². The van der Waals surface area contributed by atoms with Gasteiger partial charge in [0.05, 0.1) is 15.4 Å². The van der Waals surface area contributed by atoms with E-state index in [1.807, 2.05) is 6.07 Å². The van der Waals surface area contributed by atoms with E-state index >= 15 is 0 Å². The predicted molar refractivity (Wildman–Crippen MR) is 116 cm³/mol. The molecule has 0 bridgehead atoms. The Hall–Kier alpha value is -3.23. The summed E-state index contributed by atoms with van der Waals surface area (Å²) < 4.78 is 27.3. The maximum Gasteiger partial charge on any atom is 0.293 e. The van der Waals surface area contributed by atoms with E-state index in [4.69, 9.17) is 5.26 Å². The summed E-state index contributed by atoms with van der Waals surface area (Å²) in [5, 5.41) is 26.6. The van der Waals surface area contributed by atoms with Gasteiger partial charge in [-0.3, -0.25) is 10.1 Å². The van der Waals surface area contributed by atoms with Gasteiger partial charge >= 0.3 is 0 Å². The second-order valence-electron chi connectivity index (χ2n) is 7.12. The molecule has 1 aliphatic heterocycles. The smallest absolute Gasteiger partial charge is 0.293 e. The third-order valence-electron chi connectivity index (χ3n) is 5.03. The van der Waals surface area contributed by atoms with Gasteiger partial charge in [0.25, 0.3) is 5.69 Å². The number of nitrogens with one attached hydrogen (secondary N) is 2. The van der Waals surface area contributed by atoms with Crippen molar-refractivity contribution in [1.29, 1.82) is 5.26 Å². The van der Waals surface area contributed by atoms with Crippen LogP contribution >= 0.6 is 0 Å². The van der Waals surface area contributed by atoms with Gasteiger partial charge in [0.1, 0.15) is 17.6 Å². The van der Waals surface area contributed by atoms with Gasteiger partial charge in [-0.25, -0.2) is 13.4 Å². The second-order valence-corrected chi connectivity index (χ2v) is 9.06. The Morgan fingerprint density at radius 3 is 2.52 bits per heavy atom. The molecule has 11 heteroatoms. The molecule has 0 atom stereocenters. The van der Waals surface area contributed by atoms with E-state index in [9.17, 15) is 18.5 Å². The van der Waals surface area contributed by atoms with Crippen LogP contribution in [0.1, 0.15) is 31.2 Å². The van der Waals surface area contributed by atoms with Crippen LogP contribution in [-0.4, -0.2) is 48.8 Å². The van der Waals surface area contributed by atoms with Crippen molar-refractivity contribution in [3.05, 3.63) is 52.2 Å². The zero-order valence-corrected chi connectivity index (χ0v) is 17.8. The van der Waals surface area contributed by atoms with Gasteiger partial charge < -0.3 is 10.6 Å². The molecular formula is C20H24N6O4S. The first-order chi connectivity index (χ1) is 14.9. The Kier molecular flexibility index (Phi) is 7.38. The Morgan fingerprint density at radius 2 is 1.84 bits per heavy atom. The maximum atomic E-state index is 12.9. The molecule has 1 fully saturated rings. The van der Waals surface area contributed by atoms with Gasteiger partial charge in [-0.1, -0.05) is 12.8 Å². The number of nitro groups is 1. The van der Waals surface area contributed by atoms with Gasteiger partial charge in [-0.2, -0.15) is 9.57 Å². The van der Waals surface area contributed by atoms with Crippen LogP contribution < -0.4 is 10.6 Å². The minimum absolute atomic E-state index is 0.0723. The number of nitro benzene ring substituents is 1. The molecule has 2 aromatic rings. The SMILES string of the molecule is N#Cc1cccnc1NCCNc1ccc(S(=O)(=O)N2CCCCCC2)cc1[N+](=O)[O-]. The molecular weight excluding hydrogens is 420 g/mol. The summed E-state index contributed by atoms with van der Waals surface area (Å²) >= 11 is 0. The fraction of sp³-hybridized carbons (Fsp3) is 0.400. The lowest BCUT2D eigenvalue weighted by molar-refractivity contribution is -0.384. The summed E-state index contributed by atoms with van der Waals surface area (Å²) in [7, 11) is -3.78. The highest BCUT2D eigenvalue weighted by atomic mass is 32.2. The second kappa shape index (κ2) is 10.2. The zero-order valence-electron chi connectivity index (χ0n) is 17.0. The third kappa shape index (κ3) is 5.48. The van der Waals surface area contributed by atoms with Crippen LogP contribution in [0.15, 0.2) is 41.4 Å². The quantitative estimate of drug-likeness (QED) is 0.360. The number of aromatic nitrogens is 1. The largest absolute Gasteiger partial charge is 0.378 e. The van der Waals surface area contributed by atoms with E-state index in [1.54, 1.807) is 18.3 Å². The summed E-state index contributed by atoms with van der Waals surface area (Å²) in [5.41, 5.74) is 0.325. The van der Waals surface area contributed by atoms with Crippen molar-refractivity contribution in [3.63, 3.8) is 0 Å². The first-order valence-corrected chi connectivity index (χ1v) is 11.5. The van der Waals surface area contributed by atoms with Crippen LogP contribution in [-0.2, 0) is 10.0 Å². The Bertz CT molecular complexity index is 1080. The molecule has 3 rings (SSSR count). The molecule has 1 aromatic carbocycles. The topological polar surface area (TPSA) is 141 Å². The molecule has 0 radical (unpaired) electrons. The van der Waals surface area contributed by atoms with Crippen LogP contribution in [0.25, 0.3) is 0 Å². The molecule has 2 heterocycles. The third-order valence-corrected chi connectivity index (χ3v) is 6.92. The predicted octanol–water partition coefficient (Wildman–Crippen LogP) is 2.95. The number of pyridine rings is 1. The standard InChI is InChI=1S/C20H24N6O4S/c21-15-16-6-5-9-23-20(16)24-11-10-22-18-8-7-17(14-19(18)26(27)28)31(29,30)25-12-3-1-2-4-13-25/h5-9,14,22H,1-4,10-13H2,(H,23,24). The van der Waals surface area contributed by atoms with Crippen molar-refractivity contribution in [1.82, 2.24) is 9.29 Å². The summed E-state index contributed by atoms with van der Waals surface area (Å²) in [5.74, 6) is 0.431. The highest BCUT2D eigenvalue weighted by molar-refractivity contribution is 7.89. The number of nitrogens with zero attached hydrogens (tertiary/aromatic N) is 4. The number of sulfonamides is 1. The number of hydrogen-bond acceptors (Lipinski definition) is 8. The Morgan fingerprint density at radius 1 is 1.13 bits per heavy atom. The van der Waals surface area contributed by atoms with Crippen LogP contribution in [0.4, 0.5) is 17.2 Å². The molecule has 1 aliphatic rings. The highest BCUT2D eigenvalue weighted by Gasteiger charge is 2.28. The van der Waals surface area contributed by atoms with E-state index < -0.39 is 14.9 Å². The number of rotatable bonds is 8. The van der Waals surface area contributed by atoms with Crippen molar-refractivity contribution < 1.29 is 13.3 Å². The number of hydrogen-bond donors (Lipinski definition) is 2. The van der Waals surface area contributed by atoms with Crippen molar-refractivity contribution >= 4 is 27.2 Å². The van der Waals surface area contributed by atoms with Crippen LogP contribution in [0.5, 0.6) is 0 Å². The van der Waals surface area contributed by atoms with Crippen molar-refractivity contribution in [2.45, 2.75) is 30.6 Å². The Balaban J connectivity index is 1.70. The van der Waals surface area contributed by atoms with Crippen molar-refractivity contribution in [2.75, 3.05) is 36.8 Å². The molecule has 164 valence electrons. The number of nitriles is 1.